The molecule has 2 aliphatic rings. The Kier molecular flexibility index (Phi) is 5.39. The Morgan fingerprint density at radius 3 is 2.38 bits per heavy atom. The molecule has 0 unspecified atom stereocenters. The van der Waals surface area contributed by atoms with Gasteiger partial charge in [0.1, 0.15) is 5.25 Å². The van der Waals surface area contributed by atoms with Crippen LogP contribution in [0.5, 0.6) is 11.5 Å². The van der Waals surface area contributed by atoms with Crippen molar-refractivity contribution in [2.24, 2.45) is 5.92 Å². The average molecular weight is 533 g/mol. The summed E-state index contributed by atoms with van der Waals surface area (Å²) < 4.78 is 11.7. The van der Waals surface area contributed by atoms with Crippen molar-refractivity contribution in [3.8, 4) is 11.5 Å². The number of fused-ring (bicyclic) bond motifs is 2. The van der Waals surface area contributed by atoms with Crippen LogP contribution in [0.15, 0.2) is 56.8 Å². The lowest BCUT2D eigenvalue weighted by Gasteiger charge is -2.30. The van der Waals surface area contributed by atoms with Crippen LogP contribution >= 0.6 is 39.0 Å². The summed E-state index contributed by atoms with van der Waals surface area (Å²) in [6.07, 6.45) is 0. The molecule has 7 nitrogen and oxygen atoms in total. The highest BCUT2D eigenvalue weighted by atomic mass is 79.9. The monoisotopic (exact) mass is 532 g/mol. The Labute approximate surface area is 199 Å². The maximum absolute atomic E-state index is 13.7. The number of carbonyl (C=O) groups is 2. The fourth-order valence-corrected chi connectivity index (χ4v) is 7.05. The van der Waals surface area contributed by atoms with Gasteiger partial charge >= 0.3 is 4.87 Å². The first-order valence-electron chi connectivity index (χ1n) is 9.68. The zero-order valence-electron chi connectivity index (χ0n) is 17.0. The second-order valence-electron chi connectivity index (χ2n) is 7.35. The normalized spacial score (nSPS) is 22.0. The summed E-state index contributed by atoms with van der Waals surface area (Å²) in [4.78, 5) is 43.9. The lowest BCUT2D eigenvalue weighted by molar-refractivity contribution is -0.122. The number of benzene rings is 2. The first-order chi connectivity index (χ1) is 15.4. The van der Waals surface area contributed by atoms with Crippen LogP contribution in [-0.4, -0.2) is 36.3 Å². The number of ether oxygens (including phenoxy) is 2. The third kappa shape index (κ3) is 3.28. The summed E-state index contributed by atoms with van der Waals surface area (Å²) in [6.45, 7) is 0. The van der Waals surface area contributed by atoms with E-state index >= 15 is 0 Å². The number of nitrogens with zero attached hydrogens (tertiary/aromatic N) is 1. The molecule has 0 saturated carbocycles. The maximum Gasteiger partial charge on any atom is 0.305 e. The number of thiazole rings is 1. The van der Waals surface area contributed by atoms with Gasteiger partial charge in [0.15, 0.2) is 11.5 Å². The van der Waals surface area contributed by atoms with E-state index in [0.29, 0.717) is 22.2 Å². The molecule has 0 radical (unpaired) electrons. The topological polar surface area (TPSA) is 88.7 Å². The zero-order valence-corrected chi connectivity index (χ0v) is 20.2. The van der Waals surface area contributed by atoms with Gasteiger partial charge in [-0.1, -0.05) is 45.1 Å². The Balaban J connectivity index is 1.65. The fourth-order valence-electron chi connectivity index (χ4n) is 4.27. The number of thioether (sulfide) groups is 1. The van der Waals surface area contributed by atoms with Crippen LogP contribution in [-0.2, 0) is 9.59 Å². The Morgan fingerprint density at radius 1 is 0.969 bits per heavy atom. The third-order valence-electron chi connectivity index (χ3n) is 5.68. The molecule has 5 rings (SSSR count). The van der Waals surface area contributed by atoms with Crippen LogP contribution in [0.2, 0.25) is 0 Å². The highest BCUT2D eigenvalue weighted by molar-refractivity contribution is 9.10. The molecule has 10 heteroatoms. The number of aromatic amines is 1. The molecular weight excluding hydrogens is 516 g/mol. The number of nitrogens with one attached hydrogen (secondary N) is 1. The van der Waals surface area contributed by atoms with Gasteiger partial charge in [-0.05, 0) is 42.0 Å². The average Bonchev–Trinajstić information content (AvgIpc) is 3.28. The van der Waals surface area contributed by atoms with E-state index < -0.39 is 17.1 Å². The lowest BCUT2D eigenvalue weighted by Crippen LogP contribution is -2.32. The quantitative estimate of drug-likeness (QED) is 0.510. The van der Waals surface area contributed by atoms with Gasteiger partial charge in [-0.15, -0.1) is 0 Å². The largest absolute Gasteiger partial charge is 0.493 e. The maximum atomic E-state index is 13.7. The number of hydrogen-bond donors (Lipinski definition) is 1. The van der Waals surface area contributed by atoms with Crippen molar-refractivity contribution >= 4 is 56.5 Å². The number of H-pyrrole nitrogens is 1. The van der Waals surface area contributed by atoms with Gasteiger partial charge in [-0.3, -0.25) is 14.4 Å². The van der Waals surface area contributed by atoms with Crippen LogP contribution in [0.3, 0.4) is 0 Å². The number of aromatic nitrogens is 1. The number of halogens is 1. The van der Waals surface area contributed by atoms with Crippen LogP contribution in [0.1, 0.15) is 16.4 Å². The number of carbonyl (C=O) groups excluding carboxylic acids is 2. The molecule has 3 heterocycles. The van der Waals surface area contributed by atoms with E-state index in [1.165, 1.54) is 16.7 Å². The predicted molar refractivity (Wildman–Crippen MR) is 126 cm³/mol. The van der Waals surface area contributed by atoms with Crippen molar-refractivity contribution in [3.05, 3.63) is 67.0 Å². The van der Waals surface area contributed by atoms with E-state index in [1.807, 2.05) is 12.1 Å². The molecule has 3 atom stereocenters. The molecule has 0 bridgehead atoms. The molecule has 0 spiro atoms. The van der Waals surface area contributed by atoms with E-state index in [4.69, 9.17) is 9.47 Å². The van der Waals surface area contributed by atoms with Gasteiger partial charge in [0, 0.05) is 15.3 Å². The standard InChI is InChI=1S/C22H17BrN2O5S2/c1-29-13-8-3-10(9-14(13)30-2)15-16-18(31-19-17(15)32-22(28)24-19)21(27)25(20(16)26)12-6-4-11(23)5-7-12/h3-9,15-16,18H,1-2H3,(H,24,28)/t15-,16+,18+/m0/s1. The minimum Gasteiger partial charge on any atom is -0.493 e. The summed E-state index contributed by atoms with van der Waals surface area (Å²) in [5.74, 6) is -0.585. The zero-order chi connectivity index (χ0) is 22.6. The Bertz CT molecular complexity index is 1290. The van der Waals surface area contributed by atoms with Crippen molar-refractivity contribution in [1.29, 1.82) is 0 Å². The second kappa shape index (κ2) is 8.09. The van der Waals surface area contributed by atoms with Gasteiger partial charge < -0.3 is 14.5 Å². The van der Waals surface area contributed by atoms with Gasteiger partial charge in [0.2, 0.25) is 11.8 Å². The highest BCUT2D eigenvalue weighted by Crippen LogP contribution is 2.53. The fraction of sp³-hybridized carbons (Fsp3) is 0.227. The molecule has 2 amide bonds. The molecule has 0 aliphatic carbocycles. The first-order valence-corrected chi connectivity index (χ1v) is 12.2. The number of rotatable bonds is 4. The second-order valence-corrected chi connectivity index (χ2v) is 10.4. The number of imide groups is 1. The molecule has 1 N–H and O–H groups in total. The van der Waals surface area contributed by atoms with Crippen LogP contribution in [0.4, 0.5) is 5.69 Å². The van der Waals surface area contributed by atoms with E-state index in [-0.39, 0.29) is 16.7 Å². The van der Waals surface area contributed by atoms with Crippen LogP contribution < -0.4 is 19.2 Å². The third-order valence-corrected chi connectivity index (χ3v) is 8.61. The smallest absolute Gasteiger partial charge is 0.305 e. The molecule has 164 valence electrons. The number of hydrogen-bond acceptors (Lipinski definition) is 7. The SMILES string of the molecule is COc1ccc([C@@H]2c3sc(=O)[nH]c3S[C@H]3C(=O)N(c4ccc(Br)cc4)C(=O)[C@H]23)cc1OC. The minimum atomic E-state index is -0.645. The summed E-state index contributed by atoms with van der Waals surface area (Å²) in [6, 6.07) is 12.5. The predicted octanol–water partition coefficient (Wildman–Crippen LogP) is 4.01. The molecule has 1 saturated heterocycles. The number of anilines is 1. The molecule has 32 heavy (non-hydrogen) atoms. The van der Waals surface area contributed by atoms with Gasteiger partial charge in [0.25, 0.3) is 0 Å². The lowest BCUT2D eigenvalue weighted by atomic mass is 9.83. The van der Waals surface area contributed by atoms with E-state index in [0.717, 1.165) is 26.3 Å². The van der Waals surface area contributed by atoms with Crippen molar-refractivity contribution in [2.75, 3.05) is 19.1 Å². The van der Waals surface area contributed by atoms with Crippen molar-refractivity contribution < 1.29 is 19.1 Å². The number of methoxy groups -OCH3 is 2. The van der Waals surface area contributed by atoms with Gasteiger partial charge in [-0.2, -0.15) is 0 Å². The first kappa shape index (κ1) is 21.3. The highest BCUT2D eigenvalue weighted by Gasteiger charge is 2.56. The molecule has 2 aromatic carbocycles. The molecule has 1 aromatic heterocycles. The number of amides is 2. The van der Waals surface area contributed by atoms with E-state index in [9.17, 15) is 14.4 Å². The van der Waals surface area contributed by atoms with Gasteiger partial charge in [0.05, 0.1) is 30.9 Å². The van der Waals surface area contributed by atoms with Crippen molar-refractivity contribution in [3.63, 3.8) is 0 Å². The molecular formula is C22H17BrN2O5S2. The molecule has 3 aromatic rings. The summed E-state index contributed by atoms with van der Waals surface area (Å²) in [7, 11) is 3.09. The summed E-state index contributed by atoms with van der Waals surface area (Å²) in [5, 5.41) is 0.00170. The molecule has 2 aliphatic heterocycles. The van der Waals surface area contributed by atoms with Crippen molar-refractivity contribution in [2.45, 2.75) is 16.2 Å². The van der Waals surface area contributed by atoms with E-state index in [1.54, 1.807) is 44.6 Å². The Morgan fingerprint density at radius 2 is 1.69 bits per heavy atom. The van der Waals surface area contributed by atoms with E-state index in [2.05, 4.69) is 20.9 Å². The summed E-state index contributed by atoms with van der Waals surface area (Å²) in [5.41, 5.74) is 1.31. The van der Waals surface area contributed by atoms with Crippen LogP contribution in [0.25, 0.3) is 0 Å². The molecule has 1 fully saturated rings. The van der Waals surface area contributed by atoms with Crippen molar-refractivity contribution in [1.82, 2.24) is 4.98 Å². The Hall–Kier alpha value is -2.56. The summed E-state index contributed by atoms with van der Waals surface area (Å²) >= 11 is 5.72. The van der Waals surface area contributed by atoms with Gasteiger partial charge in [-0.25, -0.2) is 4.90 Å². The minimum absolute atomic E-state index is 0.211. The van der Waals surface area contributed by atoms with Crippen LogP contribution in [0, 0.1) is 5.92 Å².